The number of fused-ring (bicyclic) bond motifs is 5. The summed E-state index contributed by atoms with van der Waals surface area (Å²) < 4.78 is 0. The van der Waals surface area contributed by atoms with Gasteiger partial charge in [-0.3, -0.25) is 4.79 Å². The molecular weight excluding hydrogens is 316 g/mol. The molecule has 1 heteroatoms. The molecule has 0 saturated heterocycles. The lowest BCUT2D eigenvalue weighted by molar-refractivity contribution is -0.117. The van der Waals surface area contributed by atoms with E-state index in [0.717, 1.165) is 48.3 Å². The van der Waals surface area contributed by atoms with E-state index in [0.29, 0.717) is 16.6 Å². The summed E-state index contributed by atoms with van der Waals surface area (Å²) in [5.41, 5.74) is 2.42. The second-order valence-corrected chi connectivity index (χ2v) is 10.8. The van der Waals surface area contributed by atoms with E-state index in [1.165, 1.54) is 44.1 Å². The minimum atomic E-state index is 0. The van der Waals surface area contributed by atoms with E-state index in [1.54, 1.807) is 0 Å². The number of hydrogen-bond donors (Lipinski definition) is 0. The molecule has 0 N–H and O–H groups in total. The summed E-state index contributed by atoms with van der Waals surface area (Å²) in [5, 5.41) is 0. The van der Waals surface area contributed by atoms with Crippen molar-refractivity contribution >= 4 is 5.78 Å². The Morgan fingerprint density at radius 3 is 2.38 bits per heavy atom. The van der Waals surface area contributed by atoms with Crippen molar-refractivity contribution in [3.8, 4) is 0 Å². The molecule has 0 aromatic rings. The molecule has 26 heavy (non-hydrogen) atoms. The van der Waals surface area contributed by atoms with Crippen LogP contribution in [0.5, 0.6) is 0 Å². The zero-order chi connectivity index (χ0) is 18.0. The second kappa shape index (κ2) is 6.78. The van der Waals surface area contributed by atoms with Gasteiger partial charge in [-0.2, -0.15) is 0 Å². The molecule has 7 atom stereocenters. The predicted octanol–water partition coefficient (Wildman–Crippen LogP) is 7.06. The van der Waals surface area contributed by atoms with E-state index in [4.69, 9.17) is 0 Å². The van der Waals surface area contributed by atoms with Crippen molar-refractivity contribution in [1.82, 2.24) is 0 Å². The fourth-order valence-electron chi connectivity index (χ4n) is 7.93. The maximum atomic E-state index is 12.0. The van der Waals surface area contributed by atoms with E-state index >= 15 is 0 Å². The molecule has 4 rings (SSSR count). The monoisotopic (exact) mass is 358 g/mol. The third-order valence-electron chi connectivity index (χ3n) is 9.72. The van der Waals surface area contributed by atoms with Crippen molar-refractivity contribution in [2.45, 2.75) is 93.4 Å². The Balaban J connectivity index is 0.00000196. The summed E-state index contributed by atoms with van der Waals surface area (Å²) in [6.45, 7) is 12.5. The molecule has 0 amide bonds. The van der Waals surface area contributed by atoms with Gasteiger partial charge in [-0.15, -0.1) is 0 Å². The molecule has 3 saturated carbocycles. The first-order chi connectivity index (χ1) is 11.8. The fraction of sp³-hybridized carbons (Fsp3) is 0.880. The van der Waals surface area contributed by atoms with Gasteiger partial charge < -0.3 is 0 Å². The molecule has 0 radical (unpaired) electrons. The zero-order valence-electron chi connectivity index (χ0n) is 17.1. The van der Waals surface area contributed by atoms with Crippen LogP contribution in [0.25, 0.3) is 0 Å². The normalized spacial score (nSPS) is 45.9. The van der Waals surface area contributed by atoms with E-state index < -0.39 is 0 Å². The summed E-state index contributed by atoms with van der Waals surface area (Å²) in [4.78, 5) is 12.0. The van der Waals surface area contributed by atoms with Gasteiger partial charge in [0.05, 0.1) is 0 Å². The smallest absolute Gasteiger partial charge is 0.155 e. The molecule has 3 fully saturated rings. The van der Waals surface area contributed by atoms with Crippen molar-refractivity contribution in [2.24, 2.45) is 46.3 Å². The van der Waals surface area contributed by atoms with Crippen LogP contribution in [0.2, 0.25) is 0 Å². The van der Waals surface area contributed by atoms with Crippen molar-refractivity contribution in [2.75, 3.05) is 0 Å². The van der Waals surface area contributed by atoms with E-state index in [1.807, 2.05) is 6.08 Å². The molecule has 4 aliphatic rings. The lowest BCUT2D eigenvalue weighted by Crippen LogP contribution is -2.51. The highest BCUT2D eigenvalue weighted by atomic mass is 16.1. The van der Waals surface area contributed by atoms with Crippen LogP contribution >= 0.6 is 0 Å². The van der Waals surface area contributed by atoms with Gasteiger partial charge in [0.2, 0.25) is 0 Å². The number of allylic oxidation sites excluding steroid dienone is 1. The Morgan fingerprint density at radius 2 is 1.69 bits per heavy atom. The van der Waals surface area contributed by atoms with Crippen LogP contribution in [0.3, 0.4) is 0 Å². The second-order valence-electron chi connectivity index (χ2n) is 10.8. The first kappa shape index (κ1) is 20.2. The van der Waals surface area contributed by atoms with Gasteiger partial charge in [0, 0.05) is 6.42 Å². The standard InChI is InChI=1S/C24H38O.CH4/c1-15(2)16(3)20-8-9-21-19-7-6-17-14-18(25)10-12-23(17,4)22(19)11-13-24(20,21)5;/h14-16,19-22H,6-13H2,1-5H3;1H4/t16-,19?,20-,21?,22+,23+,24-;/m1./s1. The molecule has 148 valence electrons. The highest BCUT2D eigenvalue weighted by Crippen LogP contribution is 2.67. The topological polar surface area (TPSA) is 17.1 Å². The molecule has 0 bridgehead atoms. The van der Waals surface area contributed by atoms with Crippen molar-refractivity contribution in [3.63, 3.8) is 0 Å². The number of carbonyl (C=O) groups excluding carboxylic acids is 1. The van der Waals surface area contributed by atoms with Gasteiger partial charge >= 0.3 is 0 Å². The van der Waals surface area contributed by atoms with Crippen molar-refractivity contribution in [3.05, 3.63) is 11.6 Å². The minimum absolute atomic E-state index is 0. The molecular formula is C25H42O. The molecule has 2 unspecified atom stereocenters. The fourth-order valence-corrected chi connectivity index (χ4v) is 7.93. The van der Waals surface area contributed by atoms with Crippen molar-refractivity contribution < 1.29 is 4.79 Å². The van der Waals surface area contributed by atoms with E-state index in [-0.39, 0.29) is 7.43 Å². The Labute approximate surface area is 162 Å². The number of ketones is 1. The van der Waals surface area contributed by atoms with E-state index in [2.05, 4.69) is 34.6 Å². The average molecular weight is 359 g/mol. The van der Waals surface area contributed by atoms with Crippen molar-refractivity contribution in [1.29, 1.82) is 0 Å². The zero-order valence-corrected chi connectivity index (χ0v) is 17.1. The molecule has 1 nitrogen and oxygen atoms in total. The van der Waals surface area contributed by atoms with E-state index in [9.17, 15) is 4.79 Å². The molecule has 0 aliphatic heterocycles. The average Bonchev–Trinajstić information content (AvgIpc) is 2.92. The van der Waals surface area contributed by atoms with Gasteiger partial charge in [-0.05, 0) is 97.4 Å². The molecule has 0 aromatic heterocycles. The van der Waals surface area contributed by atoms with Crippen LogP contribution < -0.4 is 0 Å². The minimum Gasteiger partial charge on any atom is -0.295 e. The summed E-state index contributed by atoms with van der Waals surface area (Å²) in [5.74, 6) is 5.67. The molecule has 0 heterocycles. The Morgan fingerprint density at radius 1 is 0.962 bits per heavy atom. The number of hydrogen-bond acceptors (Lipinski definition) is 1. The number of carbonyl (C=O) groups is 1. The third kappa shape index (κ3) is 2.75. The van der Waals surface area contributed by atoms with Crippen LogP contribution in [0.1, 0.15) is 93.4 Å². The van der Waals surface area contributed by atoms with Gasteiger partial charge in [-0.25, -0.2) is 0 Å². The number of rotatable bonds is 2. The predicted molar refractivity (Wildman–Crippen MR) is 111 cm³/mol. The maximum absolute atomic E-state index is 12.0. The first-order valence-corrected chi connectivity index (χ1v) is 11.0. The van der Waals surface area contributed by atoms with Crippen LogP contribution in [0.4, 0.5) is 0 Å². The maximum Gasteiger partial charge on any atom is 0.155 e. The Kier molecular flexibility index (Phi) is 5.26. The highest BCUT2D eigenvalue weighted by molar-refractivity contribution is 5.91. The summed E-state index contributed by atoms with van der Waals surface area (Å²) in [7, 11) is 0. The van der Waals surface area contributed by atoms with Gasteiger partial charge in [0.15, 0.2) is 5.78 Å². The Hall–Kier alpha value is -0.590. The lowest BCUT2D eigenvalue weighted by atomic mass is 9.46. The third-order valence-corrected chi connectivity index (χ3v) is 9.72. The first-order valence-electron chi connectivity index (χ1n) is 11.0. The molecule has 4 aliphatic carbocycles. The van der Waals surface area contributed by atoms with Crippen LogP contribution in [-0.4, -0.2) is 5.78 Å². The quantitative estimate of drug-likeness (QED) is 0.516. The van der Waals surface area contributed by atoms with Gasteiger partial charge in [-0.1, -0.05) is 47.6 Å². The Bertz CT molecular complexity index is 587. The van der Waals surface area contributed by atoms with Gasteiger partial charge in [0.1, 0.15) is 0 Å². The van der Waals surface area contributed by atoms with Crippen LogP contribution in [0.15, 0.2) is 11.6 Å². The van der Waals surface area contributed by atoms with Gasteiger partial charge in [0.25, 0.3) is 0 Å². The summed E-state index contributed by atoms with van der Waals surface area (Å²) in [6.07, 6.45) is 12.3. The lowest BCUT2D eigenvalue weighted by Gasteiger charge is -2.58. The van der Waals surface area contributed by atoms with Crippen LogP contribution in [0, 0.1) is 46.3 Å². The largest absolute Gasteiger partial charge is 0.295 e. The van der Waals surface area contributed by atoms with Crippen LogP contribution in [-0.2, 0) is 4.79 Å². The highest BCUT2D eigenvalue weighted by Gasteiger charge is 2.59. The summed E-state index contributed by atoms with van der Waals surface area (Å²) in [6, 6.07) is 0. The summed E-state index contributed by atoms with van der Waals surface area (Å²) >= 11 is 0. The molecule has 0 aromatic carbocycles. The molecule has 0 spiro atoms. The SMILES string of the molecule is C.CC(C)[C@@H](C)[C@H]1CCC2C3CCC4=CC(=O)CC[C@]4(C)[C@H]3CC[C@@]21C.